The van der Waals surface area contributed by atoms with Crippen LogP contribution in [0.5, 0.6) is 5.75 Å². The molecule has 0 aliphatic rings. The van der Waals surface area contributed by atoms with E-state index in [2.05, 4.69) is 31.1 Å². The molecule has 1 aromatic rings. The first kappa shape index (κ1) is 19.4. The van der Waals surface area contributed by atoms with Gasteiger partial charge >= 0.3 is 5.97 Å². The molecule has 0 amide bonds. The smallest absolute Gasteiger partial charge is 0.308 e. The largest absolute Gasteiger partial charge is 0.427 e. The Kier molecular flexibility index (Phi) is 6.98. The van der Waals surface area contributed by atoms with Crippen LogP contribution in [0.25, 0.3) is 0 Å². The number of nitrogens with zero attached hydrogens (tertiary/aromatic N) is 1. The molecule has 0 aliphatic heterocycles. The first-order valence-electron chi connectivity index (χ1n) is 7.60. The van der Waals surface area contributed by atoms with Crippen LogP contribution in [0.3, 0.4) is 0 Å². The number of rotatable bonds is 4. The molecule has 124 valence electrons. The van der Waals surface area contributed by atoms with Gasteiger partial charge in [0, 0.05) is 27.4 Å². The van der Waals surface area contributed by atoms with E-state index in [9.17, 15) is 4.79 Å². The molecule has 0 N–H and O–H groups in total. The van der Waals surface area contributed by atoms with Crippen LogP contribution in [0.15, 0.2) is 24.3 Å². The van der Waals surface area contributed by atoms with Crippen molar-refractivity contribution < 1.29 is 9.53 Å². The summed E-state index contributed by atoms with van der Waals surface area (Å²) in [5.74, 6) is 3.70. The van der Waals surface area contributed by atoms with Crippen LogP contribution in [-0.4, -0.2) is 38.0 Å². The van der Waals surface area contributed by atoms with E-state index in [-0.39, 0.29) is 11.9 Å². The van der Waals surface area contributed by atoms with Crippen molar-refractivity contribution >= 4 is 31.2 Å². The molecule has 3 nitrogen and oxygen atoms in total. The average molecular weight is 348 g/mol. The standard InChI is InChI=1S/C18H25NO2SSi/c1-14(20)21-17-9-7-15(8-10-17)16(11-12-23(4,5)6)13-18(22)19(2)3/h7-10,16H,13H2,1-6H3/t16-/m0/s1. The van der Waals surface area contributed by atoms with Crippen molar-refractivity contribution in [1.29, 1.82) is 0 Å². The Labute approximate surface area is 146 Å². The molecule has 1 aromatic carbocycles. The number of carbonyl (C=O) groups is 1. The molecule has 0 fully saturated rings. The van der Waals surface area contributed by atoms with Crippen LogP contribution in [-0.2, 0) is 4.79 Å². The van der Waals surface area contributed by atoms with Gasteiger partial charge in [0.2, 0.25) is 0 Å². The zero-order valence-corrected chi connectivity index (χ0v) is 16.6. The summed E-state index contributed by atoms with van der Waals surface area (Å²) >= 11 is 5.44. The Hall–Kier alpha value is -1.64. The van der Waals surface area contributed by atoms with Gasteiger partial charge in [0.05, 0.1) is 10.9 Å². The van der Waals surface area contributed by atoms with E-state index in [0.717, 1.165) is 10.6 Å². The topological polar surface area (TPSA) is 29.5 Å². The van der Waals surface area contributed by atoms with Gasteiger partial charge in [-0.2, -0.15) is 0 Å². The molecule has 0 saturated carbocycles. The molecule has 0 spiro atoms. The molecule has 1 rings (SSSR count). The molecular weight excluding hydrogens is 322 g/mol. The van der Waals surface area contributed by atoms with E-state index in [4.69, 9.17) is 17.0 Å². The number of thiocarbonyl (C=S) groups is 1. The maximum atomic E-state index is 11.0. The highest BCUT2D eigenvalue weighted by atomic mass is 32.1. The lowest BCUT2D eigenvalue weighted by atomic mass is 9.96. The third kappa shape index (κ3) is 7.44. The molecule has 23 heavy (non-hydrogen) atoms. The lowest BCUT2D eigenvalue weighted by Crippen LogP contribution is -2.22. The summed E-state index contributed by atoms with van der Waals surface area (Å²) < 4.78 is 5.08. The summed E-state index contributed by atoms with van der Waals surface area (Å²) in [6, 6.07) is 7.53. The van der Waals surface area contributed by atoms with Crippen molar-refractivity contribution in [2.45, 2.75) is 38.9 Å². The Morgan fingerprint density at radius 2 is 1.83 bits per heavy atom. The summed E-state index contributed by atoms with van der Waals surface area (Å²) in [7, 11) is 2.46. The van der Waals surface area contributed by atoms with E-state index >= 15 is 0 Å². The zero-order chi connectivity index (χ0) is 17.6. The first-order chi connectivity index (χ1) is 10.6. The molecule has 0 unspecified atom stereocenters. The summed E-state index contributed by atoms with van der Waals surface area (Å²) in [5.41, 5.74) is 4.53. The molecule has 0 aromatic heterocycles. The molecule has 0 bridgehead atoms. The Balaban J connectivity index is 3.05. The molecule has 5 heteroatoms. The predicted octanol–water partition coefficient (Wildman–Crippen LogP) is 3.86. The summed E-state index contributed by atoms with van der Waals surface area (Å²) in [6.07, 6.45) is 0.715. The van der Waals surface area contributed by atoms with Crippen molar-refractivity contribution in [2.75, 3.05) is 14.1 Å². The second-order valence-electron chi connectivity index (χ2n) is 6.73. The summed E-state index contributed by atoms with van der Waals surface area (Å²) in [6.45, 7) is 8.08. The second kappa shape index (κ2) is 8.28. The van der Waals surface area contributed by atoms with Crippen molar-refractivity contribution in [3.05, 3.63) is 29.8 Å². The van der Waals surface area contributed by atoms with Gasteiger partial charge in [-0.1, -0.05) is 44.0 Å². The number of hydrogen-bond donors (Lipinski definition) is 0. The number of ether oxygens (including phenoxy) is 1. The average Bonchev–Trinajstić information content (AvgIpc) is 2.42. The maximum absolute atomic E-state index is 11.0. The van der Waals surface area contributed by atoms with Gasteiger partial charge < -0.3 is 9.64 Å². The van der Waals surface area contributed by atoms with Gasteiger partial charge in [-0.3, -0.25) is 4.79 Å². The van der Waals surface area contributed by atoms with Gasteiger partial charge in [0.15, 0.2) is 0 Å². The zero-order valence-electron chi connectivity index (χ0n) is 14.8. The first-order valence-corrected chi connectivity index (χ1v) is 11.5. The predicted molar refractivity (Wildman–Crippen MR) is 103 cm³/mol. The fraction of sp³-hybridized carbons (Fsp3) is 0.444. The van der Waals surface area contributed by atoms with E-state index in [0.29, 0.717) is 12.2 Å². The molecule has 0 heterocycles. The monoisotopic (exact) mass is 347 g/mol. The van der Waals surface area contributed by atoms with Crippen molar-refractivity contribution in [3.8, 4) is 17.2 Å². The van der Waals surface area contributed by atoms with Gasteiger partial charge in [0.1, 0.15) is 13.8 Å². The highest BCUT2D eigenvalue weighted by molar-refractivity contribution is 7.80. The highest BCUT2D eigenvalue weighted by Gasteiger charge is 2.15. The third-order valence-electron chi connectivity index (χ3n) is 3.04. The summed E-state index contributed by atoms with van der Waals surface area (Å²) in [4.78, 5) is 13.8. The number of esters is 1. The van der Waals surface area contributed by atoms with Crippen LogP contribution in [0.2, 0.25) is 19.6 Å². The van der Waals surface area contributed by atoms with Crippen LogP contribution >= 0.6 is 12.2 Å². The molecular formula is C18H25NO2SSi. The molecule has 0 aliphatic carbocycles. The Bertz CT molecular complexity index is 621. The van der Waals surface area contributed by atoms with Gasteiger partial charge in [-0.05, 0) is 17.7 Å². The Morgan fingerprint density at radius 1 is 1.26 bits per heavy atom. The number of benzene rings is 1. The quantitative estimate of drug-likeness (QED) is 0.272. The third-order valence-corrected chi connectivity index (χ3v) is 4.47. The van der Waals surface area contributed by atoms with Crippen LogP contribution in [0, 0.1) is 11.5 Å². The normalized spacial score (nSPS) is 11.9. The highest BCUT2D eigenvalue weighted by Crippen LogP contribution is 2.23. The van der Waals surface area contributed by atoms with Crippen molar-refractivity contribution in [2.24, 2.45) is 0 Å². The van der Waals surface area contributed by atoms with E-state index in [1.54, 1.807) is 12.1 Å². The maximum Gasteiger partial charge on any atom is 0.308 e. The minimum atomic E-state index is -1.45. The fourth-order valence-electron chi connectivity index (χ4n) is 1.85. The van der Waals surface area contributed by atoms with Crippen LogP contribution in [0.1, 0.15) is 24.8 Å². The van der Waals surface area contributed by atoms with E-state index < -0.39 is 8.07 Å². The van der Waals surface area contributed by atoms with Gasteiger partial charge in [0.25, 0.3) is 0 Å². The van der Waals surface area contributed by atoms with Crippen molar-refractivity contribution in [1.82, 2.24) is 4.90 Å². The SMILES string of the molecule is CC(=O)Oc1ccc([C@@H](C#C[Si](C)(C)C)CC(=S)N(C)C)cc1. The second-order valence-corrected chi connectivity index (χ2v) is 11.9. The Morgan fingerprint density at radius 3 is 2.26 bits per heavy atom. The molecule has 1 atom stereocenters. The lowest BCUT2D eigenvalue weighted by Gasteiger charge is -2.18. The van der Waals surface area contributed by atoms with Crippen molar-refractivity contribution in [3.63, 3.8) is 0 Å². The minimum absolute atomic E-state index is 0.0583. The lowest BCUT2D eigenvalue weighted by molar-refractivity contribution is -0.131. The fourth-order valence-corrected chi connectivity index (χ4v) is 2.62. The minimum Gasteiger partial charge on any atom is -0.427 e. The van der Waals surface area contributed by atoms with Crippen LogP contribution < -0.4 is 4.74 Å². The number of hydrogen-bond acceptors (Lipinski definition) is 3. The van der Waals surface area contributed by atoms with E-state index in [1.807, 2.05) is 31.1 Å². The molecule has 0 radical (unpaired) electrons. The number of carbonyl (C=O) groups excluding carboxylic acids is 1. The van der Waals surface area contributed by atoms with Gasteiger partial charge in [-0.15, -0.1) is 11.5 Å². The van der Waals surface area contributed by atoms with E-state index in [1.165, 1.54) is 6.92 Å². The van der Waals surface area contributed by atoms with Gasteiger partial charge in [-0.25, -0.2) is 0 Å². The van der Waals surface area contributed by atoms with Crippen LogP contribution in [0.4, 0.5) is 0 Å². The summed E-state index contributed by atoms with van der Waals surface area (Å²) in [5, 5.41) is 0. The molecule has 0 saturated heterocycles.